The van der Waals surface area contributed by atoms with Crippen molar-refractivity contribution in [3.05, 3.63) is 69.6 Å². The van der Waals surface area contributed by atoms with Crippen LogP contribution in [-0.4, -0.2) is 60.0 Å². The van der Waals surface area contributed by atoms with E-state index in [2.05, 4.69) is 20.5 Å². The number of hydrogen-bond donors (Lipinski definition) is 4. The Morgan fingerprint density at radius 2 is 1.79 bits per heavy atom. The van der Waals surface area contributed by atoms with E-state index in [1.165, 1.54) is 13.8 Å². The van der Waals surface area contributed by atoms with Gasteiger partial charge in [-0.15, -0.1) is 0 Å². The van der Waals surface area contributed by atoms with Gasteiger partial charge < -0.3 is 21.3 Å². The number of alkyl halides is 3. The third kappa shape index (κ3) is 6.76. The van der Waals surface area contributed by atoms with Gasteiger partial charge in [0.05, 0.1) is 23.6 Å². The lowest BCUT2D eigenvalue weighted by molar-refractivity contribution is -0.141. The molecule has 2 aliphatic rings. The maximum absolute atomic E-state index is 13.9. The Morgan fingerprint density at radius 3 is 2.38 bits per heavy atom. The summed E-state index contributed by atoms with van der Waals surface area (Å²) in [6.45, 7) is 2.86. The molecule has 2 aliphatic heterocycles. The van der Waals surface area contributed by atoms with Crippen molar-refractivity contribution in [2.45, 2.75) is 50.5 Å². The van der Waals surface area contributed by atoms with E-state index < -0.39 is 71.2 Å². The summed E-state index contributed by atoms with van der Waals surface area (Å²) in [4.78, 5) is 17.9. The van der Waals surface area contributed by atoms with Gasteiger partial charge in [0.1, 0.15) is 30.5 Å². The van der Waals surface area contributed by atoms with Gasteiger partial charge in [-0.2, -0.15) is 18.7 Å². The zero-order valence-electron chi connectivity index (χ0n) is 22.0. The highest BCUT2D eigenvalue weighted by molar-refractivity contribution is 6.30. The lowest BCUT2D eigenvalue weighted by atomic mass is 9.92. The topological polar surface area (TPSA) is 140 Å². The number of aliphatic hydroxyl groups excluding tert-OH is 1. The molecule has 2 aromatic carbocycles. The van der Waals surface area contributed by atoms with Gasteiger partial charge in [-0.05, 0) is 49.7 Å². The largest absolute Gasteiger partial charge is 0.418 e. The third-order valence-corrected chi connectivity index (χ3v) is 6.56. The van der Waals surface area contributed by atoms with Gasteiger partial charge in [-0.3, -0.25) is 9.83 Å². The first kappa shape index (κ1) is 31.4. The summed E-state index contributed by atoms with van der Waals surface area (Å²) in [6, 6.07) is 3.03. The lowest BCUT2D eigenvalue weighted by Crippen LogP contribution is -2.58. The number of rotatable bonds is 5. The predicted octanol–water partition coefficient (Wildman–Crippen LogP) is 4.04. The van der Waals surface area contributed by atoms with Gasteiger partial charge in [0.15, 0.2) is 23.3 Å². The van der Waals surface area contributed by atoms with Crippen molar-refractivity contribution in [3.63, 3.8) is 0 Å². The maximum Gasteiger partial charge on any atom is 0.418 e. The van der Waals surface area contributed by atoms with Crippen LogP contribution in [0, 0.1) is 17.5 Å². The first-order valence-corrected chi connectivity index (χ1v) is 12.7. The molecule has 4 unspecified atom stereocenters. The Labute approximate surface area is 240 Å². The van der Waals surface area contributed by atoms with E-state index in [9.17, 15) is 31.4 Å². The van der Waals surface area contributed by atoms with E-state index in [4.69, 9.17) is 32.6 Å². The van der Waals surface area contributed by atoms with Crippen LogP contribution in [0.1, 0.15) is 25.0 Å². The second-order valence-electron chi connectivity index (χ2n) is 9.52. The van der Waals surface area contributed by atoms with Crippen molar-refractivity contribution >= 4 is 40.7 Å². The van der Waals surface area contributed by atoms with E-state index in [-0.39, 0.29) is 34.2 Å². The predicted molar refractivity (Wildman–Crippen MR) is 144 cm³/mol. The Balaban J connectivity index is 1.77. The number of nitrogens with zero attached hydrogens (tertiary/aromatic N) is 3. The van der Waals surface area contributed by atoms with Crippen LogP contribution in [0.4, 0.5) is 32.0 Å². The van der Waals surface area contributed by atoms with Gasteiger partial charge in [-0.25, -0.2) is 23.2 Å². The molecule has 0 aliphatic carbocycles. The summed E-state index contributed by atoms with van der Waals surface area (Å²) in [5.74, 6) is -5.10. The molecule has 0 bridgehead atoms. The minimum Gasteiger partial charge on any atom is -0.402 e. The van der Waals surface area contributed by atoms with Crippen LogP contribution in [0.2, 0.25) is 5.02 Å². The lowest BCUT2D eigenvalue weighted by Gasteiger charge is -2.38. The molecule has 0 saturated carbocycles. The molecule has 42 heavy (non-hydrogen) atoms. The second kappa shape index (κ2) is 12.4. The highest BCUT2D eigenvalue weighted by atomic mass is 35.5. The standard InChI is InChI=1S/C26H25ClF6N6O3/c1-10(34)14(12-5-16(28)20(30)17(29)6-12)8-36-21-22(40)24(41-19-9-37-42-23(19)21)25(38-11(2)35)39-18-7-13(27)3-4-15(18)26(31,32)33/h3-8,19,21-24,37,40H,9,34H2,1-2H3,(H2,35,38,39)/b14-10+,36-8?/t19?,21-,22?,23?,24?/m0/s1. The Kier molecular flexibility index (Phi) is 9.27. The number of nitrogens with two attached hydrogens (primary N) is 2. The normalized spacial score (nSPS) is 26.0. The minimum absolute atomic E-state index is 0.00371. The summed E-state index contributed by atoms with van der Waals surface area (Å²) in [7, 11) is 0. The Hall–Kier alpha value is -3.50. The fourth-order valence-corrected chi connectivity index (χ4v) is 4.60. The molecule has 9 nitrogen and oxygen atoms in total. The van der Waals surface area contributed by atoms with Crippen molar-refractivity contribution in [1.29, 1.82) is 0 Å². The molecular weight excluding hydrogens is 594 g/mol. The summed E-state index contributed by atoms with van der Waals surface area (Å²) in [5, 5.41) is 11.3. The van der Waals surface area contributed by atoms with E-state index in [1.54, 1.807) is 0 Å². The van der Waals surface area contributed by atoms with Crippen molar-refractivity contribution in [3.8, 4) is 0 Å². The van der Waals surface area contributed by atoms with Crippen LogP contribution in [0.25, 0.3) is 5.57 Å². The summed E-state index contributed by atoms with van der Waals surface area (Å²) in [6.07, 6.45) is -8.52. The van der Waals surface area contributed by atoms with Crippen LogP contribution in [0.5, 0.6) is 0 Å². The molecule has 2 heterocycles. The number of ether oxygens (including phenoxy) is 1. The monoisotopic (exact) mass is 618 g/mol. The smallest absolute Gasteiger partial charge is 0.402 e. The molecule has 5 atom stereocenters. The van der Waals surface area contributed by atoms with Crippen molar-refractivity contribution in [2.24, 2.45) is 26.4 Å². The van der Waals surface area contributed by atoms with Gasteiger partial charge in [-0.1, -0.05) is 11.6 Å². The van der Waals surface area contributed by atoms with Gasteiger partial charge >= 0.3 is 6.18 Å². The summed E-state index contributed by atoms with van der Waals surface area (Å²) >= 11 is 5.94. The van der Waals surface area contributed by atoms with Crippen LogP contribution >= 0.6 is 11.6 Å². The first-order valence-electron chi connectivity index (χ1n) is 12.3. The SMILES string of the molecule is CC(N)=NC(=Nc1cc(Cl)ccc1C(F)(F)F)C1OC2CNOC2[C@@H](N=C/C(=C(/C)N)c2cc(F)c(F)c(F)c2)C1O. The third-order valence-electron chi connectivity index (χ3n) is 6.33. The molecule has 0 amide bonds. The average molecular weight is 619 g/mol. The van der Waals surface area contributed by atoms with Crippen molar-refractivity contribution in [1.82, 2.24) is 5.48 Å². The van der Waals surface area contributed by atoms with Crippen LogP contribution in [0.15, 0.2) is 51.0 Å². The summed E-state index contributed by atoms with van der Waals surface area (Å²) < 4.78 is 88.5. The van der Waals surface area contributed by atoms with E-state index in [0.29, 0.717) is 0 Å². The quantitative estimate of drug-likeness (QED) is 0.173. The van der Waals surface area contributed by atoms with Crippen molar-refractivity contribution in [2.75, 3.05) is 6.54 Å². The summed E-state index contributed by atoms with van der Waals surface area (Å²) in [5.41, 5.74) is 12.5. The molecule has 4 rings (SSSR count). The molecule has 0 spiro atoms. The van der Waals surface area contributed by atoms with E-state index >= 15 is 0 Å². The molecule has 2 aromatic rings. The van der Waals surface area contributed by atoms with Crippen LogP contribution < -0.4 is 16.9 Å². The maximum atomic E-state index is 13.9. The molecular formula is C26H25ClF6N6O3. The number of benzene rings is 2. The highest BCUT2D eigenvalue weighted by Crippen LogP contribution is 2.39. The first-order chi connectivity index (χ1) is 19.7. The fraction of sp³-hybridized carbons (Fsp3) is 0.346. The number of hydroxylamine groups is 1. The number of allylic oxidation sites excluding steroid dienone is 2. The minimum atomic E-state index is -4.80. The van der Waals surface area contributed by atoms with E-state index in [0.717, 1.165) is 36.5 Å². The van der Waals surface area contributed by atoms with Gasteiger partial charge in [0, 0.05) is 22.5 Å². The number of nitrogens with one attached hydrogen (secondary N) is 1. The highest BCUT2D eigenvalue weighted by Gasteiger charge is 2.50. The zero-order chi connectivity index (χ0) is 30.9. The number of aliphatic imine (C=N–C) groups is 3. The number of fused-ring (bicyclic) bond motifs is 1. The van der Waals surface area contributed by atoms with Crippen LogP contribution in [-0.2, 0) is 15.8 Å². The second-order valence-corrected chi connectivity index (χ2v) is 9.95. The molecule has 2 saturated heterocycles. The zero-order valence-corrected chi connectivity index (χ0v) is 22.7. The number of amidine groups is 2. The number of halogens is 7. The number of hydrogen-bond acceptors (Lipinski definition) is 7. The van der Waals surface area contributed by atoms with Gasteiger partial charge in [0.2, 0.25) is 0 Å². The number of aliphatic hydroxyl groups is 1. The molecule has 226 valence electrons. The molecule has 0 aromatic heterocycles. The molecule has 2 fully saturated rings. The molecule has 16 heteroatoms. The van der Waals surface area contributed by atoms with Gasteiger partial charge in [0.25, 0.3) is 0 Å². The van der Waals surface area contributed by atoms with Crippen LogP contribution in [0.3, 0.4) is 0 Å². The molecule has 0 radical (unpaired) electrons. The molecule has 6 N–H and O–H groups in total. The van der Waals surface area contributed by atoms with E-state index in [1.807, 2.05) is 0 Å². The fourth-order valence-electron chi connectivity index (χ4n) is 4.43. The Bertz CT molecular complexity index is 1450. The Morgan fingerprint density at radius 1 is 1.12 bits per heavy atom. The van der Waals surface area contributed by atoms with Crippen molar-refractivity contribution < 1.29 is 41.0 Å². The average Bonchev–Trinajstić information content (AvgIpc) is 3.35.